The molecule has 0 unspecified atom stereocenters. The minimum absolute atomic E-state index is 0.0744. The van der Waals surface area contributed by atoms with Gasteiger partial charge in [-0.25, -0.2) is 4.39 Å². The lowest BCUT2D eigenvalue weighted by atomic mass is 9.94. The molecule has 1 N–H and O–H groups in total. The average molecular weight is 225 g/mol. The molecule has 0 radical (unpaired) electrons. The van der Waals surface area contributed by atoms with Crippen LogP contribution in [0.1, 0.15) is 25.0 Å². The molecule has 16 heavy (non-hydrogen) atoms. The highest BCUT2D eigenvalue weighted by Crippen LogP contribution is 2.26. The van der Waals surface area contributed by atoms with Gasteiger partial charge in [0.15, 0.2) is 0 Å². The fraction of sp³-hybridized carbons (Fsp3) is 0.538. The first-order chi connectivity index (χ1) is 7.39. The van der Waals surface area contributed by atoms with Crippen molar-refractivity contribution in [3.63, 3.8) is 0 Å². The van der Waals surface area contributed by atoms with Crippen molar-refractivity contribution in [3.8, 4) is 5.75 Å². The van der Waals surface area contributed by atoms with Crippen LogP contribution >= 0.6 is 0 Å². The zero-order chi connectivity index (χ0) is 12.3. The number of ether oxygens (including phenoxy) is 1. The lowest BCUT2D eigenvalue weighted by Gasteiger charge is -2.25. The maximum absolute atomic E-state index is 13.5. The van der Waals surface area contributed by atoms with Gasteiger partial charge >= 0.3 is 0 Å². The number of hydrogen-bond donors (Lipinski definition) is 1. The van der Waals surface area contributed by atoms with Crippen molar-refractivity contribution in [2.75, 3.05) is 14.2 Å². The second kappa shape index (κ2) is 4.83. The van der Waals surface area contributed by atoms with Crippen molar-refractivity contribution in [3.05, 3.63) is 29.1 Å². The van der Waals surface area contributed by atoms with Gasteiger partial charge in [-0.15, -0.1) is 0 Å². The summed E-state index contributed by atoms with van der Waals surface area (Å²) in [5.41, 5.74) is 1.43. The van der Waals surface area contributed by atoms with E-state index in [1.807, 2.05) is 7.05 Å². The van der Waals surface area contributed by atoms with E-state index in [0.717, 1.165) is 17.7 Å². The first-order valence-electron chi connectivity index (χ1n) is 5.41. The van der Waals surface area contributed by atoms with Gasteiger partial charge in [0.1, 0.15) is 11.6 Å². The lowest BCUT2D eigenvalue weighted by Crippen LogP contribution is -2.38. The number of rotatable bonds is 4. The van der Waals surface area contributed by atoms with Crippen LogP contribution in [0, 0.1) is 12.7 Å². The molecule has 0 aliphatic carbocycles. The van der Waals surface area contributed by atoms with E-state index < -0.39 is 0 Å². The van der Waals surface area contributed by atoms with E-state index in [2.05, 4.69) is 19.2 Å². The molecule has 0 heterocycles. The smallest absolute Gasteiger partial charge is 0.126 e. The van der Waals surface area contributed by atoms with Crippen molar-refractivity contribution in [1.29, 1.82) is 0 Å². The molecule has 1 aromatic carbocycles. The van der Waals surface area contributed by atoms with Gasteiger partial charge in [0.25, 0.3) is 0 Å². The van der Waals surface area contributed by atoms with Crippen molar-refractivity contribution in [1.82, 2.24) is 5.32 Å². The molecule has 90 valence electrons. The number of hydrogen-bond acceptors (Lipinski definition) is 2. The maximum atomic E-state index is 13.5. The minimum atomic E-state index is -0.178. The summed E-state index contributed by atoms with van der Waals surface area (Å²) in [6.07, 6.45) is 0.726. The molecule has 0 aromatic heterocycles. The van der Waals surface area contributed by atoms with Gasteiger partial charge in [-0.1, -0.05) is 0 Å². The summed E-state index contributed by atoms with van der Waals surface area (Å²) in [4.78, 5) is 0. The second-order valence-corrected chi connectivity index (χ2v) is 4.72. The molecule has 0 bridgehead atoms. The van der Waals surface area contributed by atoms with Gasteiger partial charge in [0.2, 0.25) is 0 Å². The summed E-state index contributed by atoms with van der Waals surface area (Å²) in [5.74, 6) is 0.574. The summed E-state index contributed by atoms with van der Waals surface area (Å²) in [7, 11) is 3.51. The normalized spacial score (nSPS) is 11.6. The van der Waals surface area contributed by atoms with E-state index >= 15 is 0 Å². The Morgan fingerprint density at radius 1 is 1.38 bits per heavy atom. The van der Waals surface area contributed by atoms with Gasteiger partial charge in [-0.2, -0.15) is 0 Å². The van der Waals surface area contributed by atoms with E-state index in [1.54, 1.807) is 26.2 Å². The monoisotopic (exact) mass is 225 g/mol. The fourth-order valence-electron chi connectivity index (χ4n) is 1.59. The predicted octanol–water partition coefficient (Wildman–Crippen LogP) is 2.68. The van der Waals surface area contributed by atoms with Crippen LogP contribution in [0.2, 0.25) is 0 Å². The molecule has 0 amide bonds. The first kappa shape index (κ1) is 13.0. The minimum Gasteiger partial charge on any atom is -0.496 e. The fourth-order valence-corrected chi connectivity index (χ4v) is 1.59. The van der Waals surface area contributed by atoms with E-state index in [9.17, 15) is 4.39 Å². The number of halogens is 1. The largest absolute Gasteiger partial charge is 0.496 e. The Kier molecular flexibility index (Phi) is 3.92. The summed E-state index contributed by atoms with van der Waals surface area (Å²) in [6, 6.07) is 3.31. The molecule has 0 spiro atoms. The molecule has 3 heteroatoms. The van der Waals surface area contributed by atoms with Crippen LogP contribution in [0.25, 0.3) is 0 Å². The summed E-state index contributed by atoms with van der Waals surface area (Å²) >= 11 is 0. The highest BCUT2D eigenvalue weighted by molar-refractivity contribution is 5.39. The molecular weight excluding hydrogens is 205 g/mol. The number of likely N-dealkylation sites (N-methyl/N-ethyl adjacent to an activating group) is 1. The van der Waals surface area contributed by atoms with E-state index in [0.29, 0.717) is 5.56 Å². The average Bonchev–Trinajstić information content (AvgIpc) is 2.22. The number of methoxy groups -OCH3 is 1. The zero-order valence-corrected chi connectivity index (χ0v) is 10.6. The van der Waals surface area contributed by atoms with Crippen molar-refractivity contribution in [2.24, 2.45) is 0 Å². The highest BCUT2D eigenvalue weighted by atomic mass is 19.1. The third-order valence-electron chi connectivity index (χ3n) is 2.87. The highest BCUT2D eigenvalue weighted by Gasteiger charge is 2.19. The molecule has 1 rings (SSSR count). The third-order valence-corrected chi connectivity index (χ3v) is 2.87. The summed E-state index contributed by atoms with van der Waals surface area (Å²) < 4.78 is 18.8. The molecule has 0 saturated heterocycles. The molecule has 0 fully saturated rings. The molecule has 0 atom stereocenters. The van der Waals surface area contributed by atoms with Crippen LogP contribution in [0.4, 0.5) is 4.39 Å². The zero-order valence-electron chi connectivity index (χ0n) is 10.6. The molecule has 0 aliphatic rings. The molecular formula is C13H20FNO. The van der Waals surface area contributed by atoms with Crippen molar-refractivity contribution >= 4 is 0 Å². The predicted molar refractivity (Wildman–Crippen MR) is 64.5 cm³/mol. The van der Waals surface area contributed by atoms with Crippen LogP contribution < -0.4 is 10.1 Å². The van der Waals surface area contributed by atoms with Crippen LogP contribution in [0.15, 0.2) is 12.1 Å². The van der Waals surface area contributed by atoms with Crippen LogP contribution in [-0.4, -0.2) is 19.7 Å². The molecule has 2 nitrogen and oxygen atoms in total. The van der Waals surface area contributed by atoms with Crippen LogP contribution in [0.5, 0.6) is 5.75 Å². The first-order valence-corrected chi connectivity index (χ1v) is 5.41. The Morgan fingerprint density at radius 3 is 2.50 bits per heavy atom. The van der Waals surface area contributed by atoms with E-state index in [1.165, 1.54) is 0 Å². The van der Waals surface area contributed by atoms with E-state index in [4.69, 9.17) is 4.74 Å². The number of benzene rings is 1. The summed E-state index contributed by atoms with van der Waals surface area (Å²) in [5, 5.41) is 3.20. The van der Waals surface area contributed by atoms with Gasteiger partial charge < -0.3 is 10.1 Å². The number of nitrogens with one attached hydrogen (secondary N) is 1. The van der Waals surface area contributed by atoms with Gasteiger partial charge in [0, 0.05) is 5.54 Å². The van der Waals surface area contributed by atoms with Crippen molar-refractivity contribution in [2.45, 2.75) is 32.7 Å². The van der Waals surface area contributed by atoms with Crippen molar-refractivity contribution < 1.29 is 9.13 Å². The quantitative estimate of drug-likeness (QED) is 0.850. The van der Waals surface area contributed by atoms with Gasteiger partial charge in [-0.05, 0) is 57.5 Å². The molecule has 0 saturated carbocycles. The standard InChI is InChI=1S/C13H20FNO/c1-9-6-12(16-5)10(7-11(9)14)8-13(2,3)15-4/h6-7,15H,8H2,1-5H3. The Hall–Kier alpha value is -1.09. The third kappa shape index (κ3) is 2.95. The van der Waals surface area contributed by atoms with Gasteiger partial charge in [-0.3, -0.25) is 0 Å². The lowest BCUT2D eigenvalue weighted by molar-refractivity contribution is 0.384. The Morgan fingerprint density at radius 2 is 2.00 bits per heavy atom. The SMILES string of the molecule is CNC(C)(C)Cc1cc(F)c(C)cc1OC. The molecule has 0 aliphatic heterocycles. The van der Waals surface area contributed by atoms with Gasteiger partial charge in [0.05, 0.1) is 7.11 Å². The second-order valence-electron chi connectivity index (χ2n) is 4.72. The Bertz CT molecular complexity index is 374. The number of aryl methyl sites for hydroxylation is 1. The van der Waals surface area contributed by atoms with Crippen LogP contribution in [-0.2, 0) is 6.42 Å². The maximum Gasteiger partial charge on any atom is 0.126 e. The molecule has 1 aromatic rings. The Balaban J connectivity index is 3.08. The topological polar surface area (TPSA) is 21.3 Å². The Labute approximate surface area is 96.8 Å². The van der Waals surface area contributed by atoms with E-state index in [-0.39, 0.29) is 11.4 Å². The summed E-state index contributed by atoms with van der Waals surface area (Å²) in [6.45, 7) is 5.89. The van der Waals surface area contributed by atoms with Crippen LogP contribution in [0.3, 0.4) is 0 Å².